The first kappa shape index (κ1) is 17.7. The number of halogens is 1. The SMILES string of the molecule is C[C@H]1CCc2c(ccc3c2nc(Cc2cccc(F)c2)n3C2CCNCC2)N1. The number of hydrogen-bond acceptors (Lipinski definition) is 3. The average Bonchev–Trinajstić information content (AvgIpc) is 3.06. The molecule has 146 valence electrons. The molecule has 1 atom stereocenters. The summed E-state index contributed by atoms with van der Waals surface area (Å²) in [7, 11) is 0. The fraction of sp³-hybridized carbons (Fsp3) is 0.435. The molecule has 0 spiro atoms. The molecule has 0 aliphatic carbocycles. The number of nitrogens with zero attached hydrogens (tertiary/aromatic N) is 2. The number of benzene rings is 2. The molecule has 5 heteroatoms. The van der Waals surface area contributed by atoms with E-state index in [0.29, 0.717) is 18.5 Å². The molecule has 0 saturated carbocycles. The number of piperidine rings is 1. The highest BCUT2D eigenvalue weighted by atomic mass is 19.1. The van der Waals surface area contributed by atoms with Gasteiger partial charge >= 0.3 is 0 Å². The molecule has 5 rings (SSSR count). The van der Waals surface area contributed by atoms with Crippen LogP contribution in [0, 0.1) is 5.82 Å². The van der Waals surface area contributed by atoms with Gasteiger partial charge in [0.05, 0.1) is 11.0 Å². The third-order valence-corrected chi connectivity index (χ3v) is 6.19. The van der Waals surface area contributed by atoms with Gasteiger partial charge in [0.2, 0.25) is 0 Å². The molecule has 0 amide bonds. The number of imidazole rings is 1. The van der Waals surface area contributed by atoms with Gasteiger partial charge in [0.25, 0.3) is 0 Å². The van der Waals surface area contributed by atoms with Crippen molar-refractivity contribution in [3.63, 3.8) is 0 Å². The molecule has 3 heterocycles. The number of hydrogen-bond donors (Lipinski definition) is 2. The van der Waals surface area contributed by atoms with Crippen LogP contribution in [0.1, 0.15) is 49.2 Å². The fourth-order valence-corrected chi connectivity index (χ4v) is 4.78. The Hall–Kier alpha value is -2.40. The van der Waals surface area contributed by atoms with E-state index in [1.54, 1.807) is 12.1 Å². The maximum absolute atomic E-state index is 13.7. The summed E-state index contributed by atoms with van der Waals surface area (Å²) in [6.45, 7) is 4.30. The summed E-state index contributed by atoms with van der Waals surface area (Å²) in [5.74, 6) is 0.872. The molecular weight excluding hydrogens is 351 g/mol. The number of rotatable bonds is 3. The minimum absolute atomic E-state index is 0.183. The van der Waals surface area contributed by atoms with Crippen molar-refractivity contribution < 1.29 is 4.39 Å². The molecule has 0 radical (unpaired) electrons. The highest BCUT2D eigenvalue weighted by Gasteiger charge is 2.25. The Morgan fingerprint density at radius 2 is 2.00 bits per heavy atom. The second kappa shape index (κ2) is 7.21. The quantitative estimate of drug-likeness (QED) is 0.708. The van der Waals surface area contributed by atoms with E-state index in [2.05, 4.69) is 34.3 Å². The summed E-state index contributed by atoms with van der Waals surface area (Å²) in [6.07, 6.45) is 5.06. The summed E-state index contributed by atoms with van der Waals surface area (Å²) in [5.41, 5.74) is 5.89. The van der Waals surface area contributed by atoms with E-state index in [1.807, 2.05) is 6.07 Å². The molecule has 2 aromatic carbocycles. The van der Waals surface area contributed by atoms with Crippen LogP contribution in [0.5, 0.6) is 0 Å². The Kier molecular flexibility index (Phi) is 4.55. The molecule has 28 heavy (non-hydrogen) atoms. The summed E-state index contributed by atoms with van der Waals surface area (Å²) >= 11 is 0. The van der Waals surface area contributed by atoms with Crippen molar-refractivity contribution in [3.8, 4) is 0 Å². The van der Waals surface area contributed by atoms with Crippen molar-refractivity contribution >= 4 is 16.7 Å². The lowest BCUT2D eigenvalue weighted by Gasteiger charge is -2.27. The zero-order valence-corrected chi connectivity index (χ0v) is 16.3. The van der Waals surface area contributed by atoms with Gasteiger partial charge in [-0.3, -0.25) is 0 Å². The minimum atomic E-state index is -0.183. The maximum Gasteiger partial charge on any atom is 0.123 e. The van der Waals surface area contributed by atoms with E-state index in [9.17, 15) is 4.39 Å². The number of aryl methyl sites for hydroxylation is 1. The second-order valence-electron chi connectivity index (χ2n) is 8.23. The third-order valence-electron chi connectivity index (χ3n) is 6.19. The maximum atomic E-state index is 13.7. The molecule has 2 N–H and O–H groups in total. The van der Waals surface area contributed by atoms with Gasteiger partial charge in [0.1, 0.15) is 11.6 Å². The fourth-order valence-electron chi connectivity index (χ4n) is 4.78. The van der Waals surface area contributed by atoms with Crippen LogP contribution in [-0.4, -0.2) is 28.7 Å². The first-order valence-electron chi connectivity index (χ1n) is 10.4. The highest BCUT2D eigenvalue weighted by Crippen LogP contribution is 2.35. The van der Waals surface area contributed by atoms with Gasteiger partial charge in [-0.2, -0.15) is 0 Å². The van der Waals surface area contributed by atoms with E-state index in [-0.39, 0.29) is 5.82 Å². The molecular formula is C23H27FN4. The van der Waals surface area contributed by atoms with Gasteiger partial charge in [-0.25, -0.2) is 9.37 Å². The van der Waals surface area contributed by atoms with Gasteiger partial charge in [-0.15, -0.1) is 0 Å². The lowest BCUT2D eigenvalue weighted by Crippen LogP contribution is -2.30. The van der Waals surface area contributed by atoms with Crippen molar-refractivity contribution in [2.24, 2.45) is 0 Å². The number of aromatic nitrogens is 2. The Morgan fingerprint density at radius 3 is 2.82 bits per heavy atom. The van der Waals surface area contributed by atoms with Crippen molar-refractivity contribution in [2.75, 3.05) is 18.4 Å². The standard InChI is InChI=1S/C23H27FN4/c1-15-5-6-19-20(26-15)7-8-21-23(19)27-22(14-16-3-2-4-17(24)13-16)28(21)18-9-11-25-12-10-18/h2-4,7-8,13,15,18,25-26H,5-6,9-12,14H2,1H3/t15-/m0/s1. The summed E-state index contributed by atoms with van der Waals surface area (Å²) < 4.78 is 16.2. The van der Waals surface area contributed by atoms with Crippen LogP contribution < -0.4 is 10.6 Å². The van der Waals surface area contributed by atoms with Gasteiger partial charge < -0.3 is 15.2 Å². The molecule has 1 fully saturated rings. The normalized spacial score (nSPS) is 20.1. The summed E-state index contributed by atoms with van der Waals surface area (Å²) in [5, 5.41) is 7.07. The molecule has 2 aliphatic rings. The van der Waals surface area contributed by atoms with E-state index in [1.165, 1.54) is 22.8 Å². The summed E-state index contributed by atoms with van der Waals surface area (Å²) in [4.78, 5) is 5.13. The van der Waals surface area contributed by atoms with Gasteiger partial charge in [0.15, 0.2) is 0 Å². The smallest absolute Gasteiger partial charge is 0.123 e. The summed E-state index contributed by atoms with van der Waals surface area (Å²) in [6, 6.07) is 12.3. The van der Waals surface area contributed by atoms with Crippen LogP contribution in [0.15, 0.2) is 36.4 Å². The lowest BCUT2D eigenvalue weighted by molar-refractivity contribution is 0.368. The minimum Gasteiger partial charge on any atom is -0.382 e. The monoisotopic (exact) mass is 378 g/mol. The topological polar surface area (TPSA) is 41.9 Å². The lowest BCUT2D eigenvalue weighted by atomic mass is 9.97. The van der Waals surface area contributed by atoms with Gasteiger partial charge in [0, 0.05) is 29.8 Å². The Labute approximate surface area is 165 Å². The molecule has 0 unspecified atom stereocenters. The van der Waals surface area contributed by atoms with Crippen LogP contribution in [-0.2, 0) is 12.8 Å². The molecule has 0 bridgehead atoms. The van der Waals surface area contributed by atoms with Crippen molar-refractivity contribution in [2.45, 2.75) is 51.1 Å². The largest absolute Gasteiger partial charge is 0.382 e. The number of nitrogens with one attached hydrogen (secondary N) is 2. The van der Waals surface area contributed by atoms with Crippen LogP contribution in [0.4, 0.5) is 10.1 Å². The molecule has 2 aliphatic heterocycles. The van der Waals surface area contributed by atoms with Crippen molar-refractivity contribution in [1.29, 1.82) is 0 Å². The molecule has 4 nitrogen and oxygen atoms in total. The van der Waals surface area contributed by atoms with Crippen molar-refractivity contribution in [1.82, 2.24) is 14.9 Å². The predicted molar refractivity (Wildman–Crippen MR) is 111 cm³/mol. The van der Waals surface area contributed by atoms with Crippen LogP contribution in [0.25, 0.3) is 11.0 Å². The van der Waals surface area contributed by atoms with Crippen LogP contribution >= 0.6 is 0 Å². The first-order chi connectivity index (χ1) is 13.7. The van der Waals surface area contributed by atoms with Crippen molar-refractivity contribution in [3.05, 3.63) is 59.2 Å². The Morgan fingerprint density at radius 1 is 1.14 bits per heavy atom. The zero-order valence-electron chi connectivity index (χ0n) is 16.3. The van der Waals surface area contributed by atoms with E-state index >= 15 is 0 Å². The van der Waals surface area contributed by atoms with E-state index < -0.39 is 0 Å². The van der Waals surface area contributed by atoms with Gasteiger partial charge in [-0.1, -0.05) is 12.1 Å². The zero-order chi connectivity index (χ0) is 19.1. The van der Waals surface area contributed by atoms with E-state index in [0.717, 1.165) is 55.7 Å². The van der Waals surface area contributed by atoms with Crippen LogP contribution in [0.3, 0.4) is 0 Å². The number of anilines is 1. The van der Waals surface area contributed by atoms with E-state index in [4.69, 9.17) is 4.98 Å². The number of fused-ring (bicyclic) bond motifs is 3. The second-order valence-corrected chi connectivity index (χ2v) is 8.23. The predicted octanol–water partition coefficient (Wildman–Crippen LogP) is 4.44. The molecule has 3 aromatic rings. The Balaban J connectivity index is 1.64. The first-order valence-corrected chi connectivity index (χ1v) is 10.4. The third kappa shape index (κ3) is 3.18. The average molecular weight is 378 g/mol. The Bertz CT molecular complexity index is 1000. The highest BCUT2D eigenvalue weighted by molar-refractivity contribution is 5.86. The molecule has 1 saturated heterocycles. The van der Waals surface area contributed by atoms with Crippen LogP contribution in [0.2, 0.25) is 0 Å². The molecule has 1 aromatic heterocycles. The van der Waals surface area contributed by atoms with Gasteiger partial charge in [-0.05, 0) is 75.5 Å².